The molecule has 1 unspecified atom stereocenters. The molecule has 0 aliphatic carbocycles. The first-order valence-electron chi connectivity index (χ1n) is 5.22. The number of ketones is 1. The molecule has 1 heterocycles. The summed E-state index contributed by atoms with van der Waals surface area (Å²) in [5.74, 6) is 0.195. The average molecular weight is 209 g/mol. The molecular formula is C11H19N3O. The Labute approximate surface area is 90.5 Å². The number of nitrogens with two attached hydrogens (primary N) is 1. The van der Waals surface area contributed by atoms with Crippen molar-refractivity contribution in [2.45, 2.75) is 26.7 Å². The zero-order valence-electron chi connectivity index (χ0n) is 9.66. The van der Waals surface area contributed by atoms with Crippen LogP contribution in [0, 0.1) is 5.41 Å². The Morgan fingerprint density at radius 1 is 1.67 bits per heavy atom. The van der Waals surface area contributed by atoms with Gasteiger partial charge in [-0.05, 0) is 12.0 Å². The molecule has 0 aliphatic rings. The highest BCUT2D eigenvalue weighted by molar-refractivity contribution is 5.86. The van der Waals surface area contributed by atoms with Crippen LogP contribution in [0.4, 0.5) is 0 Å². The molecule has 2 N–H and O–H groups in total. The molecule has 0 fully saturated rings. The van der Waals surface area contributed by atoms with Gasteiger partial charge >= 0.3 is 0 Å². The first kappa shape index (κ1) is 11.9. The number of hydrogen-bond acceptors (Lipinski definition) is 3. The third-order valence-electron chi connectivity index (χ3n) is 3.03. The highest BCUT2D eigenvalue weighted by Gasteiger charge is 2.29. The van der Waals surface area contributed by atoms with E-state index in [1.807, 2.05) is 27.1 Å². The van der Waals surface area contributed by atoms with E-state index in [0.29, 0.717) is 13.0 Å². The molecule has 0 amide bonds. The van der Waals surface area contributed by atoms with Crippen molar-refractivity contribution >= 4 is 5.78 Å². The van der Waals surface area contributed by atoms with E-state index >= 15 is 0 Å². The second kappa shape index (κ2) is 4.57. The van der Waals surface area contributed by atoms with Crippen LogP contribution in [0.1, 0.15) is 25.8 Å². The zero-order chi connectivity index (χ0) is 11.5. The van der Waals surface area contributed by atoms with Gasteiger partial charge in [0.25, 0.3) is 0 Å². The minimum atomic E-state index is -0.393. The molecule has 1 aromatic heterocycles. The number of aromatic nitrogens is 2. The number of Topliss-reactive ketones (excluding diaryl/α,β-unsaturated/α-hetero) is 1. The van der Waals surface area contributed by atoms with Crippen LogP contribution in [0.3, 0.4) is 0 Å². The maximum atomic E-state index is 12.0. The summed E-state index contributed by atoms with van der Waals surface area (Å²) in [5, 5.41) is 4.04. The Kier molecular flexibility index (Phi) is 3.63. The van der Waals surface area contributed by atoms with Gasteiger partial charge in [0.05, 0.1) is 6.20 Å². The Hall–Kier alpha value is -1.16. The fourth-order valence-corrected chi connectivity index (χ4v) is 1.42. The molecule has 1 aromatic rings. The summed E-state index contributed by atoms with van der Waals surface area (Å²) in [5.41, 5.74) is 6.20. The molecule has 84 valence electrons. The summed E-state index contributed by atoms with van der Waals surface area (Å²) in [7, 11) is 1.84. The first-order valence-corrected chi connectivity index (χ1v) is 5.22. The SMILES string of the molecule is CCC(C)(CN)C(=O)Cc1cnn(C)c1. The lowest BCUT2D eigenvalue weighted by Crippen LogP contribution is -2.36. The molecule has 0 spiro atoms. The van der Waals surface area contributed by atoms with E-state index in [-0.39, 0.29) is 5.78 Å². The molecule has 4 heteroatoms. The van der Waals surface area contributed by atoms with Gasteiger partial charge in [-0.2, -0.15) is 5.10 Å². The number of carbonyl (C=O) groups is 1. The van der Waals surface area contributed by atoms with Crippen LogP contribution in [-0.2, 0) is 18.3 Å². The number of hydrogen-bond donors (Lipinski definition) is 1. The molecule has 15 heavy (non-hydrogen) atoms. The van der Waals surface area contributed by atoms with E-state index in [2.05, 4.69) is 5.10 Å². The molecule has 1 atom stereocenters. The molecular weight excluding hydrogens is 190 g/mol. The van der Waals surface area contributed by atoms with Crippen molar-refractivity contribution in [2.24, 2.45) is 18.2 Å². The third kappa shape index (κ3) is 2.65. The van der Waals surface area contributed by atoms with Gasteiger partial charge in [0.1, 0.15) is 5.78 Å². The topological polar surface area (TPSA) is 60.9 Å². The van der Waals surface area contributed by atoms with Crippen LogP contribution in [0.5, 0.6) is 0 Å². The summed E-state index contributed by atoms with van der Waals surface area (Å²) < 4.78 is 1.70. The molecule has 0 saturated heterocycles. The normalized spacial score (nSPS) is 14.9. The summed E-state index contributed by atoms with van der Waals surface area (Å²) in [6, 6.07) is 0. The lowest BCUT2D eigenvalue weighted by molar-refractivity contribution is -0.126. The van der Waals surface area contributed by atoms with Crippen LogP contribution in [0.15, 0.2) is 12.4 Å². The fourth-order valence-electron chi connectivity index (χ4n) is 1.42. The number of nitrogens with zero attached hydrogens (tertiary/aromatic N) is 2. The van der Waals surface area contributed by atoms with Gasteiger partial charge < -0.3 is 5.73 Å². The van der Waals surface area contributed by atoms with E-state index in [1.165, 1.54) is 0 Å². The van der Waals surface area contributed by atoms with Crippen molar-refractivity contribution in [2.75, 3.05) is 6.54 Å². The monoisotopic (exact) mass is 209 g/mol. The van der Waals surface area contributed by atoms with E-state index in [0.717, 1.165) is 12.0 Å². The quantitative estimate of drug-likeness (QED) is 0.784. The van der Waals surface area contributed by atoms with Gasteiger partial charge in [-0.25, -0.2) is 0 Å². The molecule has 0 aliphatic heterocycles. The number of aryl methyl sites for hydroxylation is 1. The van der Waals surface area contributed by atoms with Gasteiger partial charge in [-0.15, -0.1) is 0 Å². The molecule has 0 bridgehead atoms. The van der Waals surface area contributed by atoms with Crippen LogP contribution in [0.2, 0.25) is 0 Å². The van der Waals surface area contributed by atoms with Crippen molar-refractivity contribution in [1.29, 1.82) is 0 Å². The van der Waals surface area contributed by atoms with Crippen molar-refractivity contribution in [3.8, 4) is 0 Å². The molecule has 4 nitrogen and oxygen atoms in total. The van der Waals surface area contributed by atoms with Crippen molar-refractivity contribution < 1.29 is 4.79 Å². The molecule has 0 saturated carbocycles. The summed E-state index contributed by atoms with van der Waals surface area (Å²) >= 11 is 0. The second-order valence-electron chi connectivity index (χ2n) is 4.24. The third-order valence-corrected chi connectivity index (χ3v) is 3.03. The van der Waals surface area contributed by atoms with Crippen molar-refractivity contribution in [3.05, 3.63) is 18.0 Å². The fraction of sp³-hybridized carbons (Fsp3) is 0.636. The standard InChI is InChI=1S/C11H19N3O/c1-4-11(2,8-12)10(15)5-9-6-13-14(3)7-9/h6-7H,4-5,8,12H2,1-3H3. The van der Waals surface area contributed by atoms with Crippen LogP contribution in [0.25, 0.3) is 0 Å². The molecule has 0 radical (unpaired) electrons. The Balaban J connectivity index is 2.70. The van der Waals surface area contributed by atoms with Crippen LogP contribution in [-0.4, -0.2) is 22.1 Å². The minimum Gasteiger partial charge on any atom is -0.329 e. The predicted molar refractivity (Wildman–Crippen MR) is 59.4 cm³/mol. The molecule has 0 aromatic carbocycles. The van der Waals surface area contributed by atoms with Crippen LogP contribution >= 0.6 is 0 Å². The number of rotatable bonds is 5. The zero-order valence-corrected chi connectivity index (χ0v) is 9.66. The van der Waals surface area contributed by atoms with Crippen LogP contribution < -0.4 is 5.73 Å². The summed E-state index contributed by atoms with van der Waals surface area (Å²) in [4.78, 5) is 12.0. The van der Waals surface area contributed by atoms with E-state index < -0.39 is 5.41 Å². The summed E-state index contributed by atoms with van der Waals surface area (Å²) in [6.07, 6.45) is 4.80. The van der Waals surface area contributed by atoms with Crippen molar-refractivity contribution in [1.82, 2.24) is 9.78 Å². The average Bonchev–Trinajstić information content (AvgIpc) is 2.62. The van der Waals surface area contributed by atoms with Gasteiger partial charge in [-0.3, -0.25) is 9.48 Å². The van der Waals surface area contributed by atoms with Gasteiger partial charge in [0.2, 0.25) is 0 Å². The highest BCUT2D eigenvalue weighted by atomic mass is 16.1. The summed E-state index contributed by atoms with van der Waals surface area (Å²) in [6.45, 7) is 4.32. The largest absolute Gasteiger partial charge is 0.329 e. The van der Waals surface area contributed by atoms with Gasteiger partial charge in [0, 0.05) is 31.6 Å². The molecule has 1 rings (SSSR count). The van der Waals surface area contributed by atoms with Crippen molar-refractivity contribution in [3.63, 3.8) is 0 Å². The van der Waals surface area contributed by atoms with E-state index in [9.17, 15) is 4.79 Å². The maximum absolute atomic E-state index is 12.0. The smallest absolute Gasteiger partial charge is 0.144 e. The number of carbonyl (C=O) groups excluding carboxylic acids is 1. The van der Waals surface area contributed by atoms with E-state index in [1.54, 1.807) is 10.9 Å². The highest BCUT2D eigenvalue weighted by Crippen LogP contribution is 2.22. The first-order chi connectivity index (χ1) is 7.01. The second-order valence-corrected chi connectivity index (χ2v) is 4.24. The Morgan fingerprint density at radius 3 is 2.73 bits per heavy atom. The van der Waals surface area contributed by atoms with E-state index in [4.69, 9.17) is 5.73 Å². The predicted octanol–water partition coefficient (Wildman–Crippen LogP) is 0.907. The Morgan fingerprint density at radius 2 is 2.33 bits per heavy atom. The van der Waals surface area contributed by atoms with Gasteiger partial charge in [-0.1, -0.05) is 13.8 Å². The lowest BCUT2D eigenvalue weighted by atomic mass is 9.81. The maximum Gasteiger partial charge on any atom is 0.144 e. The lowest BCUT2D eigenvalue weighted by Gasteiger charge is -2.24. The Bertz CT molecular complexity index is 339. The minimum absolute atomic E-state index is 0.195. The van der Waals surface area contributed by atoms with Gasteiger partial charge in [0.15, 0.2) is 0 Å².